The number of hydrogen-bond donors (Lipinski definition) is 0. The third-order valence-corrected chi connectivity index (χ3v) is 8.58. The van der Waals surface area contributed by atoms with Crippen molar-refractivity contribution in [3.63, 3.8) is 0 Å². The first kappa shape index (κ1) is 20.6. The number of allylic oxidation sites excluding steroid dienone is 3. The summed E-state index contributed by atoms with van der Waals surface area (Å²) in [7, 11) is 0. The Kier molecular flexibility index (Phi) is 6.46. The fraction of sp³-hybridized carbons (Fsp3) is 0.655. The van der Waals surface area contributed by atoms with E-state index in [0.29, 0.717) is 17.9 Å². The molecule has 30 heavy (non-hydrogen) atoms. The summed E-state index contributed by atoms with van der Waals surface area (Å²) in [5.74, 6) is 5.01. The maximum Gasteiger partial charge on any atom is 0.0721 e. The molecule has 4 aliphatic carbocycles. The molecule has 7 atom stereocenters. The Bertz CT molecular complexity index is 761. The Balaban J connectivity index is 0.986. The van der Waals surface area contributed by atoms with Gasteiger partial charge in [0.15, 0.2) is 0 Å². The first-order chi connectivity index (χ1) is 14.7. The second kappa shape index (κ2) is 9.43. The second-order valence-electron chi connectivity index (χ2n) is 10.8. The van der Waals surface area contributed by atoms with Crippen LogP contribution < -0.4 is 0 Å². The van der Waals surface area contributed by atoms with E-state index in [1.165, 1.54) is 75.3 Å². The van der Waals surface area contributed by atoms with Crippen LogP contribution in [0.25, 0.3) is 0 Å². The maximum atomic E-state index is 6.29. The highest BCUT2D eigenvalue weighted by Crippen LogP contribution is 2.45. The van der Waals surface area contributed by atoms with E-state index >= 15 is 0 Å². The van der Waals surface area contributed by atoms with E-state index in [0.717, 1.165) is 30.3 Å². The number of hydrogen-bond acceptors (Lipinski definition) is 1. The van der Waals surface area contributed by atoms with Crippen LogP contribution in [-0.2, 0) is 11.3 Å². The Hall–Kier alpha value is -1.34. The van der Waals surface area contributed by atoms with Crippen LogP contribution >= 0.6 is 0 Å². The van der Waals surface area contributed by atoms with Crippen LogP contribution in [0.4, 0.5) is 0 Å². The molecule has 0 N–H and O–H groups in total. The van der Waals surface area contributed by atoms with Gasteiger partial charge in [0.05, 0.1) is 12.7 Å². The molecule has 1 aromatic carbocycles. The predicted molar refractivity (Wildman–Crippen MR) is 125 cm³/mol. The van der Waals surface area contributed by atoms with Crippen molar-refractivity contribution in [3.05, 3.63) is 59.7 Å². The molecular formula is C29H40O. The van der Waals surface area contributed by atoms with Gasteiger partial charge in [-0.2, -0.15) is 0 Å². The van der Waals surface area contributed by atoms with E-state index in [1.54, 1.807) is 0 Å². The summed E-state index contributed by atoms with van der Waals surface area (Å²) in [5.41, 5.74) is 2.85. The van der Waals surface area contributed by atoms with Crippen molar-refractivity contribution in [2.45, 2.75) is 89.8 Å². The highest BCUT2D eigenvalue weighted by Gasteiger charge is 2.36. The Morgan fingerprint density at radius 3 is 2.40 bits per heavy atom. The highest BCUT2D eigenvalue weighted by atomic mass is 16.5. The van der Waals surface area contributed by atoms with Gasteiger partial charge in [-0.1, -0.05) is 81.2 Å². The fourth-order valence-electron chi connectivity index (χ4n) is 6.72. The normalized spacial score (nSPS) is 34.3. The molecule has 1 nitrogen and oxygen atoms in total. The van der Waals surface area contributed by atoms with Crippen molar-refractivity contribution in [3.8, 4) is 0 Å². The van der Waals surface area contributed by atoms with Crippen LogP contribution in [0.3, 0.4) is 0 Å². The minimum Gasteiger partial charge on any atom is -0.373 e. The lowest BCUT2D eigenvalue weighted by molar-refractivity contribution is 0.0244. The molecule has 2 fully saturated rings. The van der Waals surface area contributed by atoms with Crippen molar-refractivity contribution in [1.82, 2.24) is 0 Å². The van der Waals surface area contributed by atoms with Crippen LogP contribution in [0.5, 0.6) is 0 Å². The predicted octanol–water partition coefficient (Wildman–Crippen LogP) is 7.82. The number of unbranched alkanes of at least 4 members (excludes halogenated alkanes) is 3. The standard InChI is InChI=1S/C29H40O/c1-21(7-4-2-3-5-9-26-15-22-11-13-27(26)16-22)25-10-6-8-24(18-25)20-30-29-19-23-12-14-28(29)17-23/h6,8,10-14,18,21-23,26-29H,2-5,7,9,15-17,19-20H2,1H3. The molecule has 5 rings (SSSR count). The maximum absolute atomic E-state index is 6.29. The van der Waals surface area contributed by atoms with Gasteiger partial charge in [-0.05, 0) is 79.2 Å². The number of fused-ring (bicyclic) bond motifs is 4. The van der Waals surface area contributed by atoms with Crippen molar-refractivity contribution in [2.24, 2.45) is 29.6 Å². The molecule has 0 radical (unpaired) electrons. The Labute approximate surface area is 184 Å². The van der Waals surface area contributed by atoms with Crippen LogP contribution in [0, 0.1) is 29.6 Å². The van der Waals surface area contributed by atoms with Crippen molar-refractivity contribution in [2.75, 3.05) is 0 Å². The summed E-state index contributed by atoms with van der Waals surface area (Å²) >= 11 is 0. The third kappa shape index (κ3) is 4.77. The van der Waals surface area contributed by atoms with Crippen molar-refractivity contribution >= 4 is 0 Å². The van der Waals surface area contributed by atoms with Crippen LogP contribution in [-0.4, -0.2) is 6.10 Å². The molecule has 0 spiro atoms. The molecular weight excluding hydrogens is 364 g/mol. The average molecular weight is 405 g/mol. The molecule has 4 bridgehead atoms. The zero-order valence-corrected chi connectivity index (χ0v) is 18.8. The lowest BCUT2D eigenvalue weighted by Crippen LogP contribution is -2.17. The summed E-state index contributed by atoms with van der Waals surface area (Å²) in [5, 5.41) is 0. The van der Waals surface area contributed by atoms with Crippen molar-refractivity contribution < 1.29 is 4.74 Å². The van der Waals surface area contributed by atoms with E-state index in [-0.39, 0.29) is 0 Å². The SMILES string of the molecule is CC(CCCCCCC1CC2C=CC1C2)c1cccc(COC2CC3C=CC2C3)c1. The molecule has 0 aromatic heterocycles. The first-order valence-electron chi connectivity index (χ1n) is 12.8. The fourth-order valence-corrected chi connectivity index (χ4v) is 6.72. The van der Waals surface area contributed by atoms with Gasteiger partial charge in [0.2, 0.25) is 0 Å². The molecule has 7 unspecified atom stereocenters. The number of rotatable bonds is 11. The van der Waals surface area contributed by atoms with Gasteiger partial charge in [0.25, 0.3) is 0 Å². The van der Waals surface area contributed by atoms with Gasteiger partial charge in [-0.3, -0.25) is 0 Å². The van der Waals surface area contributed by atoms with Gasteiger partial charge < -0.3 is 4.74 Å². The van der Waals surface area contributed by atoms with Gasteiger partial charge in [-0.15, -0.1) is 0 Å². The van der Waals surface area contributed by atoms with Crippen LogP contribution in [0.1, 0.15) is 88.2 Å². The lowest BCUT2D eigenvalue weighted by atomic mass is 9.88. The molecule has 4 aliphatic rings. The minimum atomic E-state index is 0.455. The zero-order valence-electron chi connectivity index (χ0n) is 18.8. The summed E-state index contributed by atoms with van der Waals surface area (Å²) in [6, 6.07) is 9.19. The molecule has 1 heteroatoms. The molecule has 0 amide bonds. The molecule has 162 valence electrons. The highest BCUT2D eigenvalue weighted by molar-refractivity contribution is 5.26. The second-order valence-corrected chi connectivity index (χ2v) is 10.8. The summed E-state index contributed by atoms with van der Waals surface area (Å²) in [6.07, 6.45) is 24.1. The minimum absolute atomic E-state index is 0.455. The molecule has 0 heterocycles. The van der Waals surface area contributed by atoms with Gasteiger partial charge in [0.1, 0.15) is 0 Å². The molecule has 2 saturated carbocycles. The lowest BCUT2D eigenvalue weighted by Gasteiger charge is -2.19. The molecule has 1 aromatic rings. The Morgan fingerprint density at radius 1 is 0.867 bits per heavy atom. The average Bonchev–Trinajstić information content (AvgIpc) is 3.56. The quantitative estimate of drug-likeness (QED) is 0.270. The van der Waals surface area contributed by atoms with E-state index in [9.17, 15) is 0 Å². The van der Waals surface area contributed by atoms with Crippen molar-refractivity contribution in [1.29, 1.82) is 0 Å². The summed E-state index contributed by atoms with van der Waals surface area (Å²) < 4.78 is 6.29. The monoisotopic (exact) mass is 404 g/mol. The van der Waals surface area contributed by atoms with Gasteiger partial charge in [-0.25, -0.2) is 0 Å². The molecule has 0 saturated heterocycles. The zero-order chi connectivity index (χ0) is 20.3. The molecule has 0 aliphatic heterocycles. The summed E-state index contributed by atoms with van der Waals surface area (Å²) in [4.78, 5) is 0. The number of ether oxygens (including phenoxy) is 1. The smallest absolute Gasteiger partial charge is 0.0721 e. The van der Waals surface area contributed by atoms with Gasteiger partial charge >= 0.3 is 0 Å². The van der Waals surface area contributed by atoms with Crippen LogP contribution in [0.2, 0.25) is 0 Å². The topological polar surface area (TPSA) is 9.23 Å². The van der Waals surface area contributed by atoms with Crippen LogP contribution in [0.15, 0.2) is 48.6 Å². The van der Waals surface area contributed by atoms with Gasteiger partial charge in [0, 0.05) is 5.92 Å². The number of benzene rings is 1. The summed E-state index contributed by atoms with van der Waals surface area (Å²) in [6.45, 7) is 3.18. The largest absolute Gasteiger partial charge is 0.373 e. The first-order valence-corrected chi connectivity index (χ1v) is 12.8. The van der Waals surface area contributed by atoms with E-state index in [2.05, 4.69) is 55.5 Å². The van der Waals surface area contributed by atoms with E-state index in [1.807, 2.05) is 0 Å². The van der Waals surface area contributed by atoms with E-state index < -0.39 is 0 Å². The third-order valence-electron chi connectivity index (χ3n) is 8.58. The Morgan fingerprint density at radius 2 is 1.67 bits per heavy atom. The van der Waals surface area contributed by atoms with E-state index in [4.69, 9.17) is 4.74 Å².